The second-order valence-corrected chi connectivity index (χ2v) is 6.81. The number of nitro groups is 1. The standard InChI is InChI=1S/C11H15ClN4O2S/c1-7-8(16(17)18)9(15-10(12)14-7)13-6-11(2)4-3-5-19-11/h3-6H2,1-2H3,(H,13,14,15). The Morgan fingerprint density at radius 2 is 2.32 bits per heavy atom. The van der Waals surface area contributed by atoms with Crippen molar-refractivity contribution in [1.29, 1.82) is 0 Å². The summed E-state index contributed by atoms with van der Waals surface area (Å²) in [6.07, 6.45) is 2.27. The lowest BCUT2D eigenvalue weighted by Crippen LogP contribution is -2.27. The number of anilines is 1. The van der Waals surface area contributed by atoms with Gasteiger partial charge in [0.1, 0.15) is 5.69 Å². The van der Waals surface area contributed by atoms with E-state index in [2.05, 4.69) is 22.2 Å². The Labute approximate surface area is 120 Å². The summed E-state index contributed by atoms with van der Waals surface area (Å²) in [5.41, 5.74) is 0.174. The van der Waals surface area contributed by atoms with Crippen LogP contribution in [0, 0.1) is 17.0 Å². The number of hydrogen-bond acceptors (Lipinski definition) is 6. The second-order valence-electron chi connectivity index (χ2n) is 4.79. The van der Waals surface area contributed by atoms with E-state index in [1.165, 1.54) is 6.42 Å². The van der Waals surface area contributed by atoms with Gasteiger partial charge in [-0.2, -0.15) is 16.7 Å². The lowest BCUT2D eigenvalue weighted by Gasteiger charge is -2.23. The molecule has 0 saturated carbocycles. The van der Waals surface area contributed by atoms with E-state index in [4.69, 9.17) is 11.6 Å². The fraction of sp³-hybridized carbons (Fsp3) is 0.636. The average Bonchev–Trinajstić information content (AvgIpc) is 2.72. The van der Waals surface area contributed by atoms with Gasteiger partial charge < -0.3 is 5.32 Å². The molecule has 1 saturated heterocycles. The lowest BCUT2D eigenvalue weighted by atomic mass is 10.1. The van der Waals surface area contributed by atoms with Crippen LogP contribution >= 0.6 is 23.4 Å². The molecular weight excluding hydrogens is 288 g/mol. The molecular formula is C11H15ClN4O2S. The molecule has 104 valence electrons. The minimum atomic E-state index is -0.474. The molecule has 0 bridgehead atoms. The van der Waals surface area contributed by atoms with Crippen LogP contribution in [0.2, 0.25) is 5.28 Å². The summed E-state index contributed by atoms with van der Waals surface area (Å²) in [5.74, 6) is 1.33. The predicted octanol–water partition coefficient (Wildman–Crippen LogP) is 3.04. The fourth-order valence-electron chi connectivity index (χ4n) is 2.12. The molecule has 0 aliphatic carbocycles. The van der Waals surface area contributed by atoms with Gasteiger partial charge >= 0.3 is 5.69 Å². The van der Waals surface area contributed by atoms with Gasteiger partial charge in [-0.25, -0.2) is 4.98 Å². The molecule has 1 N–H and O–H groups in total. The minimum Gasteiger partial charge on any atom is -0.363 e. The quantitative estimate of drug-likeness (QED) is 0.523. The number of rotatable bonds is 4. The zero-order valence-electron chi connectivity index (χ0n) is 10.8. The molecule has 1 unspecified atom stereocenters. The first kappa shape index (κ1) is 14.3. The molecule has 0 radical (unpaired) electrons. The van der Waals surface area contributed by atoms with E-state index >= 15 is 0 Å². The number of aryl methyl sites for hydroxylation is 1. The van der Waals surface area contributed by atoms with Gasteiger partial charge in [-0.1, -0.05) is 0 Å². The maximum Gasteiger partial charge on any atom is 0.332 e. The van der Waals surface area contributed by atoms with E-state index in [9.17, 15) is 10.1 Å². The molecule has 0 aromatic carbocycles. The largest absolute Gasteiger partial charge is 0.363 e. The molecule has 1 fully saturated rings. The third-order valence-corrected chi connectivity index (χ3v) is 4.85. The van der Waals surface area contributed by atoms with Crippen LogP contribution in [0.4, 0.5) is 11.5 Å². The second kappa shape index (κ2) is 5.50. The first-order valence-corrected chi connectivity index (χ1v) is 7.34. The monoisotopic (exact) mass is 302 g/mol. The zero-order chi connectivity index (χ0) is 14.0. The Morgan fingerprint density at radius 1 is 1.58 bits per heavy atom. The van der Waals surface area contributed by atoms with Crippen molar-refractivity contribution in [2.75, 3.05) is 17.6 Å². The number of nitrogens with one attached hydrogen (secondary N) is 1. The van der Waals surface area contributed by atoms with E-state index in [-0.39, 0.29) is 27.2 Å². The number of halogens is 1. The molecule has 6 nitrogen and oxygen atoms in total. The summed E-state index contributed by atoms with van der Waals surface area (Å²) in [6.45, 7) is 4.34. The average molecular weight is 303 g/mol. The van der Waals surface area contributed by atoms with E-state index in [1.54, 1.807) is 6.92 Å². The molecule has 1 aliphatic heterocycles. The highest BCUT2D eigenvalue weighted by molar-refractivity contribution is 8.00. The summed E-state index contributed by atoms with van der Waals surface area (Å²) in [5, 5.41) is 14.2. The van der Waals surface area contributed by atoms with Gasteiger partial charge in [-0.05, 0) is 44.0 Å². The van der Waals surface area contributed by atoms with Gasteiger partial charge in [-0.3, -0.25) is 10.1 Å². The topological polar surface area (TPSA) is 81.0 Å². The highest BCUT2D eigenvalue weighted by Crippen LogP contribution is 2.38. The van der Waals surface area contributed by atoms with Gasteiger partial charge in [0.25, 0.3) is 0 Å². The Hall–Kier alpha value is -1.08. The van der Waals surface area contributed by atoms with Gasteiger partial charge in [0.05, 0.1) is 4.92 Å². The van der Waals surface area contributed by atoms with Crippen LogP contribution in [0.1, 0.15) is 25.5 Å². The molecule has 0 amide bonds. The lowest BCUT2D eigenvalue weighted by molar-refractivity contribution is -0.385. The Kier molecular flexibility index (Phi) is 4.15. The fourth-order valence-corrected chi connectivity index (χ4v) is 3.58. The maximum atomic E-state index is 11.1. The normalized spacial score (nSPS) is 22.5. The van der Waals surface area contributed by atoms with Gasteiger partial charge in [0.15, 0.2) is 0 Å². The van der Waals surface area contributed by atoms with Crippen molar-refractivity contribution in [2.45, 2.75) is 31.4 Å². The number of thioether (sulfide) groups is 1. The first-order chi connectivity index (χ1) is 8.91. The van der Waals surface area contributed by atoms with Gasteiger partial charge in [0.2, 0.25) is 11.1 Å². The van der Waals surface area contributed by atoms with Gasteiger partial charge in [0, 0.05) is 11.3 Å². The minimum absolute atomic E-state index is 0.0230. The van der Waals surface area contributed by atoms with Crippen LogP contribution in [-0.2, 0) is 0 Å². The van der Waals surface area contributed by atoms with Crippen molar-refractivity contribution in [1.82, 2.24) is 9.97 Å². The van der Waals surface area contributed by atoms with E-state index in [0.717, 1.165) is 12.2 Å². The molecule has 19 heavy (non-hydrogen) atoms. The molecule has 0 spiro atoms. The Balaban J connectivity index is 2.21. The SMILES string of the molecule is Cc1nc(Cl)nc(NCC2(C)CCCS2)c1[N+](=O)[O-]. The van der Waals surface area contributed by atoms with Crippen molar-refractivity contribution in [3.8, 4) is 0 Å². The van der Waals surface area contributed by atoms with Crippen LogP contribution in [-0.4, -0.2) is 31.9 Å². The van der Waals surface area contributed by atoms with Crippen LogP contribution in [0.15, 0.2) is 0 Å². The number of nitrogens with zero attached hydrogens (tertiary/aromatic N) is 3. The van der Waals surface area contributed by atoms with E-state index in [0.29, 0.717) is 6.54 Å². The van der Waals surface area contributed by atoms with E-state index in [1.807, 2.05) is 11.8 Å². The van der Waals surface area contributed by atoms with Crippen LogP contribution in [0.25, 0.3) is 0 Å². The number of aromatic nitrogens is 2. The van der Waals surface area contributed by atoms with Crippen LogP contribution in [0.5, 0.6) is 0 Å². The molecule has 2 heterocycles. The smallest absolute Gasteiger partial charge is 0.332 e. The Morgan fingerprint density at radius 3 is 2.89 bits per heavy atom. The predicted molar refractivity (Wildman–Crippen MR) is 77.0 cm³/mol. The Bertz CT molecular complexity index is 506. The molecule has 8 heteroatoms. The first-order valence-electron chi connectivity index (χ1n) is 5.98. The molecule has 2 rings (SSSR count). The number of hydrogen-bond donors (Lipinski definition) is 1. The van der Waals surface area contributed by atoms with Crippen LogP contribution < -0.4 is 5.32 Å². The highest BCUT2D eigenvalue weighted by atomic mass is 35.5. The van der Waals surface area contributed by atoms with Crippen molar-refractivity contribution in [3.63, 3.8) is 0 Å². The van der Waals surface area contributed by atoms with Crippen molar-refractivity contribution < 1.29 is 4.92 Å². The van der Waals surface area contributed by atoms with Crippen molar-refractivity contribution in [3.05, 3.63) is 21.1 Å². The molecule has 1 aliphatic rings. The summed E-state index contributed by atoms with van der Waals surface area (Å²) < 4.78 is 0.0964. The molecule has 1 aromatic rings. The zero-order valence-corrected chi connectivity index (χ0v) is 12.3. The summed E-state index contributed by atoms with van der Waals surface area (Å²) in [7, 11) is 0. The van der Waals surface area contributed by atoms with Crippen molar-refractivity contribution >= 4 is 34.9 Å². The summed E-state index contributed by atoms with van der Waals surface area (Å²) >= 11 is 7.64. The van der Waals surface area contributed by atoms with Crippen LogP contribution in [0.3, 0.4) is 0 Å². The molecule has 1 aromatic heterocycles. The van der Waals surface area contributed by atoms with Crippen molar-refractivity contribution in [2.24, 2.45) is 0 Å². The van der Waals surface area contributed by atoms with E-state index < -0.39 is 4.92 Å². The summed E-state index contributed by atoms with van der Waals surface area (Å²) in [4.78, 5) is 18.4. The maximum absolute atomic E-state index is 11.1. The third kappa shape index (κ3) is 3.27. The highest BCUT2D eigenvalue weighted by Gasteiger charge is 2.31. The third-order valence-electron chi connectivity index (χ3n) is 3.14. The van der Waals surface area contributed by atoms with Gasteiger partial charge in [-0.15, -0.1) is 0 Å². The molecule has 1 atom stereocenters. The summed E-state index contributed by atoms with van der Waals surface area (Å²) in [6, 6.07) is 0.